The van der Waals surface area contributed by atoms with Crippen LogP contribution in [0.2, 0.25) is 0 Å². The zero-order valence-electron chi connectivity index (χ0n) is 11.6. The van der Waals surface area contributed by atoms with E-state index in [1.165, 1.54) is 19.2 Å². The molecule has 5 heteroatoms. The number of hydrogen-bond donors (Lipinski definition) is 1. The number of rotatable bonds is 3. The summed E-state index contributed by atoms with van der Waals surface area (Å²) < 4.78 is 18.8. The van der Waals surface area contributed by atoms with E-state index in [9.17, 15) is 9.18 Å². The highest BCUT2D eigenvalue weighted by Gasteiger charge is 2.16. The third-order valence-electron chi connectivity index (χ3n) is 2.97. The van der Waals surface area contributed by atoms with Crippen molar-refractivity contribution in [2.24, 2.45) is 0 Å². The number of benzene rings is 2. The van der Waals surface area contributed by atoms with Gasteiger partial charge in [-0.05, 0) is 31.2 Å². The first-order valence-electron chi connectivity index (χ1n) is 6.21. The molecular formula is C16H13FN2O2. The smallest absolute Gasteiger partial charge is 0.258 e. The Kier molecular flexibility index (Phi) is 4.19. The highest BCUT2D eigenvalue weighted by atomic mass is 19.1. The van der Waals surface area contributed by atoms with Gasteiger partial charge in [-0.1, -0.05) is 17.7 Å². The Morgan fingerprint density at radius 3 is 2.76 bits per heavy atom. The summed E-state index contributed by atoms with van der Waals surface area (Å²) in [6, 6.07) is 11.0. The summed E-state index contributed by atoms with van der Waals surface area (Å²) in [6.45, 7) is 1.76. The molecule has 0 atom stereocenters. The number of anilines is 1. The number of amides is 1. The molecule has 2 aromatic rings. The maximum atomic E-state index is 13.7. The Bertz CT molecular complexity index is 736. The summed E-state index contributed by atoms with van der Waals surface area (Å²) in [5.74, 6) is -0.904. The Labute approximate surface area is 121 Å². The van der Waals surface area contributed by atoms with Crippen LogP contribution in [-0.2, 0) is 0 Å². The van der Waals surface area contributed by atoms with Gasteiger partial charge in [-0.15, -0.1) is 0 Å². The van der Waals surface area contributed by atoms with E-state index in [2.05, 4.69) is 5.32 Å². The van der Waals surface area contributed by atoms with Gasteiger partial charge < -0.3 is 10.1 Å². The van der Waals surface area contributed by atoms with E-state index in [1.54, 1.807) is 31.2 Å². The number of nitriles is 1. The van der Waals surface area contributed by atoms with Crippen LogP contribution in [0.4, 0.5) is 10.1 Å². The van der Waals surface area contributed by atoms with Gasteiger partial charge >= 0.3 is 0 Å². The third-order valence-corrected chi connectivity index (χ3v) is 2.97. The molecule has 0 aliphatic heterocycles. The molecule has 0 bridgehead atoms. The molecule has 0 heterocycles. The lowest BCUT2D eigenvalue weighted by Gasteiger charge is -2.12. The van der Waals surface area contributed by atoms with Crippen molar-refractivity contribution in [1.82, 2.24) is 0 Å². The predicted octanol–water partition coefficient (Wildman–Crippen LogP) is 3.27. The largest absolute Gasteiger partial charge is 0.495 e. The van der Waals surface area contributed by atoms with E-state index in [-0.39, 0.29) is 16.8 Å². The molecule has 2 aromatic carbocycles. The topological polar surface area (TPSA) is 62.1 Å². The van der Waals surface area contributed by atoms with E-state index in [4.69, 9.17) is 10.00 Å². The van der Waals surface area contributed by atoms with Crippen molar-refractivity contribution >= 4 is 11.6 Å². The van der Waals surface area contributed by atoms with Crippen LogP contribution in [0.1, 0.15) is 21.5 Å². The zero-order chi connectivity index (χ0) is 15.4. The Balaban J connectivity index is 2.41. The second kappa shape index (κ2) is 6.06. The average Bonchev–Trinajstić information content (AvgIpc) is 2.49. The fourth-order valence-electron chi connectivity index (χ4n) is 1.92. The number of para-hydroxylation sites is 1. The number of nitrogens with one attached hydrogen (secondary N) is 1. The molecule has 0 aliphatic carbocycles. The van der Waals surface area contributed by atoms with Gasteiger partial charge in [0.25, 0.3) is 5.91 Å². The minimum absolute atomic E-state index is 0.0789. The molecule has 0 fully saturated rings. The van der Waals surface area contributed by atoms with E-state index >= 15 is 0 Å². The molecule has 21 heavy (non-hydrogen) atoms. The molecule has 0 aliphatic rings. The number of ether oxygens (including phenoxy) is 1. The maximum absolute atomic E-state index is 13.7. The van der Waals surface area contributed by atoms with Crippen molar-refractivity contribution in [2.45, 2.75) is 6.92 Å². The third kappa shape index (κ3) is 3.00. The lowest BCUT2D eigenvalue weighted by atomic mass is 10.1. The van der Waals surface area contributed by atoms with Crippen molar-refractivity contribution in [2.75, 3.05) is 12.4 Å². The van der Waals surface area contributed by atoms with Crippen LogP contribution in [0.25, 0.3) is 0 Å². The number of halogens is 1. The van der Waals surface area contributed by atoms with Crippen molar-refractivity contribution in [3.8, 4) is 11.8 Å². The molecule has 0 spiro atoms. The maximum Gasteiger partial charge on any atom is 0.258 e. The summed E-state index contributed by atoms with van der Waals surface area (Å²) >= 11 is 0. The van der Waals surface area contributed by atoms with E-state index in [0.29, 0.717) is 5.75 Å². The first kappa shape index (κ1) is 14.5. The molecule has 0 unspecified atom stereocenters. The molecule has 0 saturated heterocycles. The number of nitrogens with zero attached hydrogens (tertiary/aromatic N) is 1. The van der Waals surface area contributed by atoms with Gasteiger partial charge in [-0.3, -0.25) is 4.79 Å². The number of hydrogen-bond acceptors (Lipinski definition) is 3. The van der Waals surface area contributed by atoms with Crippen molar-refractivity contribution < 1.29 is 13.9 Å². The predicted molar refractivity (Wildman–Crippen MR) is 76.8 cm³/mol. The first-order valence-corrected chi connectivity index (χ1v) is 6.21. The lowest BCUT2D eigenvalue weighted by molar-refractivity contribution is 0.102. The van der Waals surface area contributed by atoms with E-state index < -0.39 is 11.7 Å². The minimum Gasteiger partial charge on any atom is -0.495 e. The number of methoxy groups -OCH3 is 1. The van der Waals surface area contributed by atoms with Crippen LogP contribution in [0.5, 0.6) is 5.75 Å². The minimum atomic E-state index is -0.628. The first-order chi connectivity index (χ1) is 10.1. The molecule has 106 valence electrons. The molecule has 0 aromatic heterocycles. The highest BCUT2D eigenvalue weighted by Crippen LogP contribution is 2.28. The van der Waals surface area contributed by atoms with Crippen LogP contribution < -0.4 is 10.1 Å². The Morgan fingerprint density at radius 1 is 1.33 bits per heavy atom. The fraction of sp³-hybridized carbons (Fsp3) is 0.125. The van der Waals surface area contributed by atoms with Crippen molar-refractivity contribution in [3.05, 3.63) is 58.9 Å². The van der Waals surface area contributed by atoms with E-state index in [0.717, 1.165) is 5.56 Å². The van der Waals surface area contributed by atoms with Crippen LogP contribution in [-0.4, -0.2) is 13.0 Å². The summed E-state index contributed by atoms with van der Waals surface area (Å²) in [6.07, 6.45) is 0. The molecule has 0 saturated carbocycles. The molecule has 4 nitrogen and oxygen atoms in total. The summed E-state index contributed by atoms with van der Waals surface area (Å²) in [4.78, 5) is 12.2. The summed E-state index contributed by atoms with van der Waals surface area (Å²) in [5.41, 5.74) is 1.16. The quantitative estimate of drug-likeness (QED) is 0.941. The normalized spacial score (nSPS) is 9.81. The van der Waals surface area contributed by atoms with Gasteiger partial charge in [0.05, 0.1) is 18.2 Å². The van der Waals surface area contributed by atoms with Crippen LogP contribution >= 0.6 is 0 Å². The average molecular weight is 284 g/mol. The van der Waals surface area contributed by atoms with E-state index in [1.807, 2.05) is 6.07 Å². The van der Waals surface area contributed by atoms with Gasteiger partial charge in [0, 0.05) is 0 Å². The molecule has 1 N–H and O–H groups in total. The zero-order valence-corrected chi connectivity index (χ0v) is 11.6. The standard InChI is InChI=1S/C16H13FN2O2/c1-10-6-7-13(17)12(8-10)16(20)19-15-11(9-18)4-3-5-14(15)21-2/h3-8H,1-2H3,(H,19,20). The van der Waals surface area contributed by atoms with Crippen LogP contribution in [0.15, 0.2) is 36.4 Å². The Morgan fingerprint density at radius 2 is 2.10 bits per heavy atom. The van der Waals surface area contributed by atoms with Gasteiger partial charge in [-0.25, -0.2) is 4.39 Å². The lowest BCUT2D eigenvalue weighted by Crippen LogP contribution is -2.15. The molecule has 1 amide bonds. The fourth-order valence-corrected chi connectivity index (χ4v) is 1.92. The second-order valence-electron chi connectivity index (χ2n) is 4.43. The number of carbonyl (C=O) groups is 1. The van der Waals surface area contributed by atoms with Gasteiger partial charge in [0.2, 0.25) is 0 Å². The number of carbonyl (C=O) groups excluding carboxylic acids is 1. The monoisotopic (exact) mass is 284 g/mol. The van der Waals surface area contributed by atoms with Crippen molar-refractivity contribution in [3.63, 3.8) is 0 Å². The molecular weight excluding hydrogens is 271 g/mol. The van der Waals surface area contributed by atoms with Gasteiger partial charge in [0.1, 0.15) is 23.3 Å². The van der Waals surface area contributed by atoms with Crippen molar-refractivity contribution in [1.29, 1.82) is 5.26 Å². The molecule has 0 radical (unpaired) electrons. The van der Waals surface area contributed by atoms with Crippen LogP contribution in [0, 0.1) is 24.1 Å². The second-order valence-corrected chi connectivity index (χ2v) is 4.43. The SMILES string of the molecule is COc1cccc(C#N)c1NC(=O)c1cc(C)ccc1F. The summed E-state index contributed by atoms with van der Waals surface area (Å²) in [5, 5.41) is 11.6. The highest BCUT2D eigenvalue weighted by molar-refractivity contribution is 6.06. The number of aryl methyl sites for hydroxylation is 1. The van der Waals surface area contributed by atoms with Gasteiger partial charge in [0.15, 0.2) is 0 Å². The Hall–Kier alpha value is -2.87. The van der Waals surface area contributed by atoms with Crippen LogP contribution in [0.3, 0.4) is 0 Å². The molecule has 2 rings (SSSR count). The van der Waals surface area contributed by atoms with Gasteiger partial charge in [-0.2, -0.15) is 5.26 Å². The summed E-state index contributed by atoms with van der Waals surface area (Å²) in [7, 11) is 1.43.